The minimum Gasteiger partial charge on any atom is -0.497 e. The van der Waals surface area contributed by atoms with Crippen molar-refractivity contribution in [2.24, 2.45) is 0 Å². The highest BCUT2D eigenvalue weighted by atomic mass is 19.1. The molecule has 0 spiro atoms. The van der Waals surface area contributed by atoms with Gasteiger partial charge in [-0.2, -0.15) is 0 Å². The van der Waals surface area contributed by atoms with Gasteiger partial charge in [-0.25, -0.2) is 13.8 Å². The highest BCUT2D eigenvalue weighted by molar-refractivity contribution is 5.79. The minimum atomic E-state index is -0.997. The van der Waals surface area contributed by atoms with Gasteiger partial charge in [0.25, 0.3) is 0 Å². The molecule has 1 atom stereocenters. The van der Waals surface area contributed by atoms with Crippen molar-refractivity contribution in [3.8, 4) is 22.8 Å². The van der Waals surface area contributed by atoms with E-state index in [4.69, 9.17) is 14.2 Å². The van der Waals surface area contributed by atoms with Crippen molar-refractivity contribution in [3.05, 3.63) is 77.5 Å². The van der Waals surface area contributed by atoms with Gasteiger partial charge in [0.1, 0.15) is 24.0 Å². The van der Waals surface area contributed by atoms with Crippen molar-refractivity contribution in [3.63, 3.8) is 0 Å². The number of rotatable bonds is 10. The second kappa shape index (κ2) is 11.4. The van der Waals surface area contributed by atoms with Gasteiger partial charge in [0, 0.05) is 17.3 Å². The molecule has 0 N–H and O–H groups in total. The van der Waals surface area contributed by atoms with Crippen LogP contribution in [0.1, 0.15) is 43.2 Å². The van der Waals surface area contributed by atoms with Gasteiger partial charge in [0.2, 0.25) is 5.88 Å². The van der Waals surface area contributed by atoms with Gasteiger partial charge in [0.05, 0.1) is 20.1 Å². The zero-order valence-corrected chi connectivity index (χ0v) is 18.9. The fraction of sp³-hybridized carbons (Fsp3) is 0.308. The molecule has 0 saturated carbocycles. The van der Waals surface area contributed by atoms with Crippen LogP contribution in [0.2, 0.25) is 0 Å². The topological polar surface area (TPSA) is 57.7 Å². The summed E-state index contributed by atoms with van der Waals surface area (Å²) < 4.78 is 46.0. The first kappa shape index (κ1) is 24.2. The van der Waals surface area contributed by atoms with Gasteiger partial charge >= 0.3 is 5.97 Å². The molecule has 5 nitrogen and oxygen atoms in total. The number of esters is 1. The van der Waals surface area contributed by atoms with Crippen molar-refractivity contribution < 1.29 is 27.8 Å². The second-order valence-electron chi connectivity index (χ2n) is 7.56. The van der Waals surface area contributed by atoms with Crippen molar-refractivity contribution >= 4 is 5.97 Å². The number of unbranched alkanes of at least 4 members (excludes halogenated alkanes) is 1. The number of nitrogens with zero attached hydrogens (tertiary/aromatic N) is 1. The summed E-state index contributed by atoms with van der Waals surface area (Å²) in [5.74, 6) is -2.28. The van der Waals surface area contributed by atoms with E-state index in [1.54, 1.807) is 25.4 Å². The molecule has 3 rings (SSSR count). The zero-order valence-electron chi connectivity index (χ0n) is 18.9. The summed E-state index contributed by atoms with van der Waals surface area (Å²) in [4.78, 5) is 16.4. The average Bonchev–Trinajstić information content (AvgIpc) is 2.84. The Labute approximate surface area is 192 Å². The molecule has 1 heterocycles. The van der Waals surface area contributed by atoms with Gasteiger partial charge in [-0.15, -0.1) is 0 Å². The number of hydrogen-bond acceptors (Lipinski definition) is 5. The fourth-order valence-corrected chi connectivity index (χ4v) is 3.60. The normalized spacial score (nSPS) is 11.7. The molecule has 0 aliphatic heterocycles. The molecule has 2 aromatic carbocycles. The maximum absolute atomic E-state index is 15.1. The number of pyridine rings is 1. The third kappa shape index (κ3) is 5.86. The predicted octanol–water partition coefficient (Wildman–Crippen LogP) is 6.06. The number of methoxy groups -OCH3 is 2. The number of carbonyl (C=O) groups excluding carboxylic acids is 1. The Morgan fingerprint density at radius 1 is 1.06 bits per heavy atom. The number of hydrogen-bond donors (Lipinski definition) is 0. The first-order chi connectivity index (χ1) is 16.0. The Hall–Kier alpha value is -3.48. The number of halogens is 2. The quantitative estimate of drug-likeness (QED) is 0.348. The van der Waals surface area contributed by atoms with Gasteiger partial charge in [-0.1, -0.05) is 31.9 Å². The summed E-state index contributed by atoms with van der Waals surface area (Å²) >= 11 is 0. The van der Waals surface area contributed by atoms with Gasteiger partial charge in [0.15, 0.2) is 0 Å². The monoisotopic (exact) mass is 455 g/mol. The molecule has 0 bridgehead atoms. The molecule has 3 aromatic rings. The Morgan fingerprint density at radius 2 is 1.76 bits per heavy atom. The minimum absolute atomic E-state index is 0.221. The lowest BCUT2D eigenvalue weighted by Gasteiger charge is -2.18. The molecule has 174 valence electrons. The van der Waals surface area contributed by atoms with Crippen LogP contribution < -0.4 is 9.47 Å². The molecule has 7 heteroatoms. The first-order valence-electron chi connectivity index (χ1n) is 10.8. The largest absolute Gasteiger partial charge is 0.497 e. The molecule has 0 aliphatic rings. The zero-order chi connectivity index (χ0) is 23.8. The third-order valence-electron chi connectivity index (χ3n) is 5.38. The molecule has 1 aromatic heterocycles. The van der Waals surface area contributed by atoms with Crippen molar-refractivity contribution in [2.75, 3.05) is 14.2 Å². The maximum atomic E-state index is 15.1. The van der Waals surface area contributed by atoms with Gasteiger partial charge < -0.3 is 14.2 Å². The fourth-order valence-electron chi connectivity index (χ4n) is 3.60. The van der Waals surface area contributed by atoms with Gasteiger partial charge in [-0.3, -0.25) is 4.79 Å². The molecule has 0 radical (unpaired) electrons. The Morgan fingerprint density at radius 3 is 2.36 bits per heavy atom. The van der Waals surface area contributed by atoms with E-state index >= 15 is 8.78 Å². The lowest BCUT2D eigenvalue weighted by Crippen LogP contribution is -2.17. The summed E-state index contributed by atoms with van der Waals surface area (Å²) in [6.07, 6.45) is 3.29. The molecule has 1 unspecified atom stereocenters. The van der Waals surface area contributed by atoms with Crippen LogP contribution in [0.15, 0.2) is 54.7 Å². The second-order valence-corrected chi connectivity index (χ2v) is 7.56. The maximum Gasteiger partial charge on any atom is 0.313 e. The van der Waals surface area contributed by atoms with E-state index < -0.39 is 23.5 Å². The molecular weight excluding hydrogens is 428 g/mol. The molecular formula is C26H27F2NO4. The van der Waals surface area contributed by atoms with E-state index in [1.807, 2.05) is 31.2 Å². The van der Waals surface area contributed by atoms with Crippen LogP contribution in [0.3, 0.4) is 0 Å². The molecule has 0 amide bonds. The van der Waals surface area contributed by atoms with Crippen LogP contribution in [-0.2, 0) is 16.1 Å². The highest BCUT2D eigenvalue weighted by Crippen LogP contribution is 2.35. The first-order valence-corrected chi connectivity index (χ1v) is 10.8. The molecule has 0 saturated heterocycles. The smallest absolute Gasteiger partial charge is 0.313 e. The van der Waals surface area contributed by atoms with E-state index in [-0.39, 0.29) is 23.6 Å². The number of ether oxygens (including phenoxy) is 3. The number of aromatic nitrogens is 1. The van der Waals surface area contributed by atoms with E-state index in [2.05, 4.69) is 4.98 Å². The van der Waals surface area contributed by atoms with Crippen LogP contribution >= 0.6 is 0 Å². The lowest BCUT2D eigenvalue weighted by molar-refractivity contribution is -0.142. The van der Waals surface area contributed by atoms with Crippen LogP contribution in [0.4, 0.5) is 8.78 Å². The molecule has 0 fully saturated rings. The van der Waals surface area contributed by atoms with Crippen molar-refractivity contribution in [2.45, 2.75) is 38.7 Å². The third-order valence-corrected chi connectivity index (χ3v) is 5.38. The Kier molecular flexibility index (Phi) is 8.35. The Balaban J connectivity index is 1.89. The number of benzene rings is 2. The van der Waals surface area contributed by atoms with E-state index in [9.17, 15) is 4.79 Å². The average molecular weight is 456 g/mol. The van der Waals surface area contributed by atoms with E-state index in [1.165, 1.54) is 19.2 Å². The summed E-state index contributed by atoms with van der Waals surface area (Å²) in [6.45, 7) is 2.17. The van der Waals surface area contributed by atoms with Crippen LogP contribution in [-0.4, -0.2) is 25.2 Å². The molecule has 33 heavy (non-hydrogen) atoms. The highest BCUT2D eigenvalue weighted by Gasteiger charge is 2.28. The SMILES string of the molecule is CCCCC(C(=O)OC)c1c(F)cc(-c2cccnc2OCc2ccc(OC)cc2)cc1F. The van der Waals surface area contributed by atoms with Crippen LogP contribution in [0, 0.1) is 11.6 Å². The Bertz CT molecular complexity index is 1060. The lowest BCUT2D eigenvalue weighted by atomic mass is 9.91. The van der Waals surface area contributed by atoms with Crippen molar-refractivity contribution in [1.29, 1.82) is 0 Å². The molecule has 0 aliphatic carbocycles. The number of carbonyl (C=O) groups is 1. The standard InChI is InChI=1S/C26H27F2NO4/c1-4-5-7-21(26(30)32-3)24-22(27)14-18(15-23(24)28)20-8-6-13-29-25(20)33-16-17-9-11-19(31-2)12-10-17/h6,8-15,21H,4-5,7,16H2,1-3H3. The predicted molar refractivity (Wildman–Crippen MR) is 121 cm³/mol. The van der Waals surface area contributed by atoms with Crippen LogP contribution in [0.5, 0.6) is 11.6 Å². The summed E-state index contributed by atoms with van der Waals surface area (Å²) in [5, 5.41) is 0. The van der Waals surface area contributed by atoms with Gasteiger partial charge in [-0.05, 0) is 53.9 Å². The van der Waals surface area contributed by atoms with Crippen molar-refractivity contribution in [1.82, 2.24) is 4.98 Å². The summed E-state index contributed by atoms with van der Waals surface area (Å²) in [5.41, 5.74) is 1.32. The van der Waals surface area contributed by atoms with E-state index in [0.717, 1.165) is 17.7 Å². The van der Waals surface area contributed by atoms with E-state index in [0.29, 0.717) is 18.4 Å². The summed E-state index contributed by atoms with van der Waals surface area (Å²) in [6, 6.07) is 13.1. The van der Waals surface area contributed by atoms with Crippen LogP contribution in [0.25, 0.3) is 11.1 Å². The summed E-state index contributed by atoms with van der Waals surface area (Å²) in [7, 11) is 2.81.